The summed E-state index contributed by atoms with van der Waals surface area (Å²) in [4.78, 5) is 4.46. The molecule has 0 fully saturated rings. The molecule has 0 saturated heterocycles. The van der Waals surface area contributed by atoms with Gasteiger partial charge in [0.1, 0.15) is 5.75 Å². The summed E-state index contributed by atoms with van der Waals surface area (Å²) in [6.45, 7) is 8.62. The molecule has 1 aromatic heterocycles. The van der Waals surface area contributed by atoms with Crippen LogP contribution in [-0.4, -0.2) is 11.1 Å². The number of rotatable bonds is 6. The molecule has 2 heteroatoms. The molecule has 16 heavy (non-hydrogen) atoms. The molecule has 2 nitrogen and oxygen atoms in total. The Morgan fingerprint density at radius 2 is 1.81 bits per heavy atom. The Hall–Kier alpha value is -1.05. The van der Waals surface area contributed by atoms with Crippen LogP contribution >= 0.6 is 0 Å². The van der Waals surface area contributed by atoms with E-state index in [4.69, 9.17) is 4.74 Å². The largest absolute Gasteiger partial charge is 0.489 e. The van der Waals surface area contributed by atoms with Crippen LogP contribution < -0.4 is 4.74 Å². The number of hydrogen-bond acceptors (Lipinski definition) is 2. The van der Waals surface area contributed by atoms with E-state index in [1.807, 2.05) is 6.20 Å². The van der Waals surface area contributed by atoms with E-state index in [0.717, 1.165) is 31.4 Å². The standard InChI is InChI=1S/C14H23NO/c1-5-11-9-13(10-15-14(11)8-4)16-12(6-2)7-3/h9-10,12H,5-8H2,1-4H3. The molecule has 0 unspecified atom stereocenters. The van der Waals surface area contributed by atoms with Crippen LogP contribution in [0.25, 0.3) is 0 Å². The first kappa shape index (κ1) is 13.0. The average molecular weight is 221 g/mol. The molecule has 0 amide bonds. The molecule has 0 saturated carbocycles. The lowest BCUT2D eigenvalue weighted by Gasteiger charge is -2.16. The van der Waals surface area contributed by atoms with Gasteiger partial charge < -0.3 is 4.74 Å². The Balaban J connectivity index is 2.82. The van der Waals surface area contributed by atoms with Gasteiger partial charge in [0.25, 0.3) is 0 Å². The van der Waals surface area contributed by atoms with Gasteiger partial charge in [-0.2, -0.15) is 0 Å². The molecule has 1 rings (SSSR count). The summed E-state index contributed by atoms with van der Waals surface area (Å²) in [5, 5.41) is 0. The fourth-order valence-electron chi connectivity index (χ4n) is 1.85. The molecule has 0 spiro atoms. The Kier molecular flexibility index (Phi) is 5.30. The van der Waals surface area contributed by atoms with E-state index in [2.05, 4.69) is 38.7 Å². The van der Waals surface area contributed by atoms with Gasteiger partial charge in [0.2, 0.25) is 0 Å². The van der Waals surface area contributed by atoms with Crippen molar-refractivity contribution < 1.29 is 4.74 Å². The zero-order chi connectivity index (χ0) is 12.0. The molecular weight excluding hydrogens is 198 g/mol. The second-order valence-electron chi connectivity index (χ2n) is 4.04. The van der Waals surface area contributed by atoms with Crippen LogP contribution in [0.5, 0.6) is 5.75 Å². The van der Waals surface area contributed by atoms with Gasteiger partial charge in [-0.1, -0.05) is 27.7 Å². The smallest absolute Gasteiger partial charge is 0.138 e. The molecule has 0 atom stereocenters. The lowest BCUT2D eigenvalue weighted by atomic mass is 10.1. The van der Waals surface area contributed by atoms with Gasteiger partial charge in [0, 0.05) is 5.69 Å². The van der Waals surface area contributed by atoms with Crippen LogP contribution in [0.3, 0.4) is 0 Å². The summed E-state index contributed by atoms with van der Waals surface area (Å²) in [6, 6.07) is 2.14. The second kappa shape index (κ2) is 6.51. The van der Waals surface area contributed by atoms with E-state index in [9.17, 15) is 0 Å². The zero-order valence-electron chi connectivity index (χ0n) is 10.9. The normalized spacial score (nSPS) is 10.8. The molecule has 0 N–H and O–H groups in total. The molecule has 90 valence electrons. The zero-order valence-corrected chi connectivity index (χ0v) is 10.9. The summed E-state index contributed by atoms with van der Waals surface area (Å²) < 4.78 is 5.89. The predicted octanol–water partition coefficient (Wildman–Crippen LogP) is 3.77. The predicted molar refractivity (Wildman–Crippen MR) is 68.0 cm³/mol. The van der Waals surface area contributed by atoms with Crippen molar-refractivity contribution in [3.05, 3.63) is 23.5 Å². The van der Waals surface area contributed by atoms with Crippen LogP contribution in [0.15, 0.2) is 12.3 Å². The summed E-state index contributed by atoms with van der Waals surface area (Å²) in [5.74, 6) is 0.919. The minimum Gasteiger partial charge on any atom is -0.489 e. The maximum atomic E-state index is 5.89. The number of aromatic nitrogens is 1. The number of nitrogens with zero attached hydrogens (tertiary/aromatic N) is 1. The molecule has 1 heterocycles. The third-order valence-corrected chi connectivity index (χ3v) is 2.96. The lowest BCUT2D eigenvalue weighted by Crippen LogP contribution is -2.14. The SMILES string of the molecule is CCc1cc(OC(CC)CC)cnc1CC. The number of hydrogen-bond donors (Lipinski definition) is 0. The van der Waals surface area contributed by atoms with Crippen LogP contribution in [0, 0.1) is 0 Å². The van der Waals surface area contributed by atoms with Crippen LogP contribution in [0.2, 0.25) is 0 Å². The number of ether oxygens (including phenoxy) is 1. The van der Waals surface area contributed by atoms with Crippen molar-refractivity contribution in [2.24, 2.45) is 0 Å². The molecular formula is C14H23NO. The first-order chi connectivity index (χ1) is 7.74. The number of aryl methyl sites for hydroxylation is 2. The third kappa shape index (κ3) is 3.22. The Bertz CT molecular complexity index is 319. The maximum Gasteiger partial charge on any atom is 0.138 e. The van der Waals surface area contributed by atoms with Crippen molar-refractivity contribution >= 4 is 0 Å². The highest BCUT2D eigenvalue weighted by Gasteiger charge is 2.07. The highest BCUT2D eigenvalue weighted by Crippen LogP contribution is 2.19. The summed E-state index contributed by atoms with van der Waals surface area (Å²) in [6.07, 6.45) is 6.29. The fourth-order valence-corrected chi connectivity index (χ4v) is 1.85. The van der Waals surface area contributed by atoms with E-state index in [1.54, 1.807) is 0 Å². The summed E-state index contributed by atoms with van der Waals surface area (Å²) in [5.41, 5.74) is 2.50. The van der Waals surface area contributed by atoms with Crippen molar-refractivity contribution in [2.45, 2.75) is 59.5 Å². The summed E-state index contributed by atoms with van der Waals surface area (Å²) >= 11 is 0. The minimum absolute atomic E-state index is 0.319. The van der Waals surface area contributed by atoms with Crippen LogP contribution in [0.1, 0.15) is 51.8 Å². The van der Waals surface area contributed by atoms with Gasteiger partial charge >= 0.3 is 0 Å². The topological polar surface area (TPSA) is 22.1 Å². The average Bonchev–Trinajstić information content (AvgIpc) is 2.35. The molecule has 0 bridgehead atoms. The highest BCUT2D eigenvalue weighted by atomic mass is 16.5. The van der Waals surface area contributed by atoms with E-state index in [0.29, 0.717) is 6.10 Å². The van der Waals surface area contributed by atoms with E-state index < -0.39 is 0 Å². The molecule has 0 radical (unpaired) electrons. The van der Waals surface area contributed by atoms with Crippen LogP contribution in [0.4, 0.5) is 0 Å². The quantitative estimate of drug-likeness (QED) is 0.729. The molecule has 0 aliphatic heterocycles. The summed E-state index contributed by atoms with van der Waals surface area (Å²) in [7, 11) is 0. The lowest BCUT2D eigenvalue weighted by molar-refractivity contribution is 0.192. The van der Waals surface area contributed by atoms with Crippen molar-refractivity contribution in [3.8, 4) is 5.75 Å². The highest BCUT2D eigenvalue weighted by molar-refractivity contribution is 5.29. The monoisotopic (exact) mass is 221 g/mol. The Labute approximate surface area is 99.0 Å². The van der Waals surface area contributed by atoms with Crippen molar-refractivity contribution in [2.75, 3.05) is 0 Å². The van der Waals surface area contributed by atoms with Crippen LogP contribution in [-0.2, 0) is 12.8 Å². The third-order valence-electron chi connectivity index (χ3n) is 2.96. The van der Waals surface area contributed by atoms with E-state index in [1.165, 1.54) is 11.3 Å². The fraction of sp³-hybridized carbons (Fsp3) is 0.643. The maximum absolute atomic E-state index is 5.89. The molecule has 1 aromatic rings. The van der Waals surface area contributed by atoms with Gasteiger partial charge in [-0.05, 0) is 37.3 Å². The van der Waals surface area contributed by atoms with Gasteiger partial charge in [-0.15, -0.1) is 0 Å². The van der Waals surface area contributed by atoms with Gasteiger partial charge in [0.15, 0.2) is 0 Å². The van der Waals surface area contributed by atoms with E-state index in [-0.39, 0.29) is 0 Å². The van der Waals surface area contributed by atoms with Gasteiger partial charge in [-0.3, -0.25) is 4.98 Å². The van der Waals surface area contributed by atoms with Crippen molar-refractivity contribution in [1.82, 2.24) is 4.98 Å². The van der Waals surface area contributed by atoms with Crippen molar-refractivity contribution in [3.63, 3.8) is 0 Å². The molecule has 0 aliphatic rings. The van der Waals surface area contributed by atoms with Crippen molar-refractivity contribution in [1.29, 1.82) is 0 Å². The first-order valence-electron chi connectivity index (χ1n) is 6.39. The van der Waals surface area contributed by atoms with Gasteiger partial charge in [-0.25, -0.2) is 0 Å². The number of pyridine rings is 1. The second-order valence-corrected chi connectivity index (χ2v) is 4.04. The molecule has 0 aromatic carbocycles. The minimum atomic E-state index is 0.319. The Morgan fingerprint density at radius 3 is 2.31 bits per heavy atom. The van der Waals surface area contributed by atoms with Gasteiger partial charge in [0.05, 0.1) is 12.3 Å². The van der Waals surface area contributed by atoms with E-state index >= 15 is 0 Å². The first-order valence-corrected chi connectivity index (χ1v) is 6.39. The Morgan fingerprint density at radius 1 is 1.12 bits per heavy atom. The molecule has 0 aliphatic carbocycles.